The van der Waals surface area contributed by atoms with Gasteiger partial charge in [0.15, 0.2) is 0 Å². The summed E-state index contributed by atoms with van der Waals surface area (Å²) in [7, 11) is 0. The number of carbonyl (C=O) groups is 1. The molecule has 1 amide bonds. The second-order valence-electron chi connectivity index (χ2n) is 9.16. The predicted molar refractivity (Wildman–Crippen MR) is 149 cm³/mol. The molecule has 1 heterocycles. The maximum Gasteiger partial charge on any atom is 0.270 e. The first-order valence-electron chi connectivity index (χ1n) is 12.6. The van der Waals surface area contributed by atoms with Crippen LogP contribution in [0.2, 0.25) is 5.02 Å². The van der Waals surface area contributed by atoms with Gasteiger partial charge in [-0.1, -0.05) is 61.7 Å². The van der Waals surface area contributed by atoms with E-state index in [4.69, 9.17) is 16.6 Å². The number of carbonyl (C=O) groups excluding carboxylic acids is 1. The molecular formula is C29H29ClN4O4. The Morgan fingerprint density at radius 2 is 1.82 bits per heavy atom. The van der Waals surface area contributed by atoms with Crippen molar-refractivity contribution in [1.82, 2.24) is 14.5 Å². The van der Waals surface area contributed by atoms with E-state index in [2.05, 4.69) is 0 Å². The van der Waals surface area contributed by atoms with Gasteiger partial charge in [-0.15, -0.1) is 0 Å². The van der Waals surface area contributed by atoms with Crippen molar-refractivity contribution in [3.8, 4) is 5.69 Å². The van der Waals surface area contributed by atoms with E-state index in [1.807, 2.05) is 51.1 Å². The quantitative estimate of drug-likeness (QED) is 0.177. The van der Waals surface area contributed by atoms with Gasteiger partial charge in [-0.05, 0) is 50.1 Å². The maximum absolute atomic E-state index is 13.9. The Bertz CT molecular complexity index is 1550. The van der Waals surface area contributed by atoms with Crippen LogP contribution in [-0.4, -0.2) is 31.8 Å². The molecule has 0 aliphatic rings. The lowest BCUT2D eigenvalue weighted by atomic mass is 10.1. The summed E-state index contributed by atoms with van der Waals surface area (Å²) in [5, 5.41) is 11.7. The first-order chi connectivity index (χ1) is 18.3. The number of fused-ring (bicyclic) bond motifs is 1. The Kier molecular flexibility index (Phi) is 8.22. The van der Waals surface area contributed by atoms with E-state index in [0.717, 1.165) is 18.4 Å². The summed E-state index contributed by atoms with van der Waals surface area (Å²) in [6.07, 6.45) is 2.04. The van der Waals surface area contributed by atoms with Crippen molar-refractivity contribution in [3.63, 3.8) is 0 Å². The molecule has 0 radical (unpaired) electrons. The van der Waals surface area contributed by atoms with Crippen molar-refractivity contribution < 1.29 is 9.72 Å². The summed E-state index contributed by atoms with van der Waals surface area (Å²) in [4.78, 5) is 45.0. The largest absolute Gasteiger partial charge is 0.328 e. The summed E-state index contributed by atoms with van der Waals surface area (Å²) < 4.78 is 1.58. The first-order valence-corrected chi connectivity index (χ1v) is 13.0. The lowest BCUT2D eigenvalue weighted by Gasteiger charge is -2.32. The number of hydrogen-bond donors (Lipinski definition) is 0. The van der Waals surface area contributed by atoms with Crippen LogP contribution in [0.3, 0.4) is 0 Å². The Morgan fingerprint density at radius 1 is 1.11 bits per heavy atom. The highest BCUT2D eigenvalue weighted by molar-refractivity contribution is 6.34. The minimum atomic E-state index is -0.557. The molecule has 1 atom stereocenters. The van der Waals surface area contributed by atoms with Crippen molar-refractivity contribution in [1.29, 1.82) is 0 Å². The Balaban J connectivity index is 1.92. The molecular weight excluding hydrogens is 504 g/mol. The fraction of sp³-hybridized carbons (Fsp3) is 0.276. The van der Waals surface area contributed by atoms with Crippen molar-refractivity contribution in [2.24, 2.45) is 0 Å². The molecule has 38 heavy (non-hydrogen) atoms. The highest BCUT2D eigenvalue weighted by Gasteiger charge is 2.31. The smallest absolute Gasteiger partial charge is 0.270 e. The van der Waals surface area contributed by atoms with Crippen LogP contribution in [0.25, 0.3) is 16.6 Å². The molecule has 0 saturated carbocycles. The second kappa shape index (κ2) is 11.6. The molecule has 1 unspecified atom stereocenters. The average molecular weight is 533 g/mol. The van der Waals surface area contributed by atoms with Gasteiger partial charge in [-0.3, -0.25) is 24.3 Å². The normalized spacial score (nSPS) is 11.9. The fourth-order valence-corrected chi connectivity index (χ4v) is 4.79. The fourth-order valence-electron chi connectivity index (χ4n) is 4.53. The zero-order chi connectivity index (χ0) is 27.4. The van der Waals surface area contributed by atoms with Gasteiger partial charge in [0.2, 0.25) is 0 Å². The number of aryl methyl sites for hydroxylation is 1. The molecule has 0 bridgehead atoms. The number of nitrogens with zero attached hydrogens (tertiary/aromatic N) is 4. The number of nitro groups is 1. The molecule has 9 heteroatoms. The van der Waals surface area contributed by atoms with Crippen LogP contribution in [0, 0.1) is 17.0 Å². The number of unbranched alkanes of at least 4 members (excludes halogenated alkanes) is 1. The summed E-state index contributed by atoms with van der Waals surface area (Å²) in [5.74, 6) is 0.0746. The van der Waals surface area contributed by atoms with Crippen LogP contribution < -0.4 is 5.56 Å². The van der Waals surface area contributed by atoms with Crippen LogP contribution in [0.5, 0.6) is 0 Å². The number of non-ortho nitro benzene ring substituents is 1. The second-order valence-corrected chi connectivity index (χ2v) is 9.57. The lowest BCUT2D eigenvalue weighted by Crippen LogP contribution is -2.39. The van der Waals surface area contributed by atoms with Gasteiger partial charge in [-0.2, -0.15) is 0 Å². The number of hydrogen-bond acceptors (Lipinski definition) is 5. The van der Waals surface area contributed by atoms with E-state index in [0.29, 0.717) is 35.4 Å². The zero-order valence-electron chi connectivity index (χ0n) is 21.6. The number of nitro benzene ring substituents is 1. The SMILES string of the molecule is CCCCN(C(=O)c1ccc([N+](=O)[O-])cc1Cl)C(CC)c1nc2ccccc2c(=O)n1-c1ccc(C)cc1. The van der Waals surface area contributed by atoms with Gasteiger partial charge in [0, 0.05) is 18.7 Å². The molecule has 1 aromatic heterocycles. The number of amides is 1. The monoisotopic (exact) mass is 532 g/mol. The molecule has 0 aliphatic heterocycles. The molecule has 0 fully saturated rings. The molecule has 8 nitrogen and oxygen atoms in total. The Hall–Kier alpha value is -4.04. The summed E-state index contributed by atoms with van der Waals surface area (Å²) in [6, 6.07) is 18.0. The third kappa shape index (κ3) is 5.31. The van der Waals surface area contributed by atoms with Crippen molar-refractivity contribution in [2.45, 2.75) is 46.1 Å². The molecule has 3 aromatic carbocycles. The van der Waals surface area contributed by atoms with Gasteiger partial charge in [0.05, 0.1) is 38.1 Å². The summed E-state index contributed by atoms with van der Waals surface area (Å²) >= 11 is 6.36. The molecule has 0 N–H and O–H groups in total. The predicted octanol–water partition coefficient (Wildman–Crippen LogP) is 6.65. The minimum absolute atomic E-state index is 0.00273. The number of para-hydroxylation sites is 1. The van der Waals surface area contributed by atoms with Gasteiger partial charge < -0.3 is 4.90 Å². The van der Waals surface area contributed by atoms with Crippen LogP contribution in [0.1, 0.15) is 60.9 Å². The van der Waals surface area contributed by atoms with Gasteiger partial charge in [0.25, 0.3) is 17.2 Å². The number of halogens is 1. The molecule has 0 saturated heterocycles. The lowest BCUT2D eigenvalue weighted by molar-refractivity contribution is -0.384. The van der Waals surface area contributed by atoms with E-state index in [9.17, 15) is 19.7 Å². The van der Waals surface area contributed by atoms with Crippen LogP contribution >= 0.6 is 11.6 Å². The van der Waals surface area contributed by atoms with Gasteiger partial charge in [-0.25, -0.2) is 4.98 Å². The third-order valence-corrected chi connectivity index (χ3v) is 6.87. The zero-order valence-corrected chi connectivity index (χ0v) is 22.3. The molecule has 4 rings (SSSR count). The Morgan fingerprint density at radius 3 is 2.45 bits per heavy atom. The van der Waals surface area contributed by atoms with Crippen molar-refractivity contribution in [3.05, 3.63) is 109 Å². The molecule has 0 aliphatic carbocycles. The van der Waals surface area contributed by atoms with Gasteiger partial charge >= 0.3 is 0 Å². The Labute approximate surface area is 225 Å². The number of rotatable bonds is 9. The third-order valence-electron chi connectivity index (χ3n) is 6.56. The topological polar surface area (TPSA) is 98.3 Å². The van der Waals surface area contributed by atoms with E-state index < -0.39 is 11.0 Å². The van der Waals surface area contributed by atoms with E-state index >= 15 is 0 Å². The maximum atomic E-state index is 13.9. The van der Waals surface area contributed by atoms with Crippen LogP contribution in [0.15, 0.2) is 71.5 Å². The molecule has 0 spiro atoms. The first kappa shape index (κ1) is 27.0. The van der Waals surface area contributed by atoms with E-state index in [-0.39, 0.29) is 27.7 Å². The van der Waals surface area contributed by atoms with Crippen LogP contribution in [0.4, 0.5) is 5.69 Å². The number of aromatic nitrogens is 2. The van der Waals surface area contributed by atoms with Gasteiger partial charge in [0.1, 0.15) is 5.82 Å². The van der Waals surface area contributed by atoms with E-state index in [1.165, 1.54) is 18.2 Å². The minimum Gasteiger partial charge on any atom is -0.328 e. The summed E-state index contributed by atoms with van der Waals surface area (Å²) in [6.45, 7) is 6.34. The van der Waals surface area contributed by atoms with Crippen LogP contribution in [-0.2, 0) is 0 Å². The van der Waals surface area contributed by atoms with Crippen molar-refractivity contribution >= 4 is 34.1 Å². The highest BCUT2D eigenvalue weighted by Crippen LogP contribution is 2.31. The summed E-state index contributed by atoms with van der Waals surface area (Å²) in [5.41, 5.74) is 2.01. The average Bonchev–Trinajstić information content (AvgIpc) is 2.91. The molecule has 196 valence electrons. The van der Waals surface area contributed by atoms with E-state index in [1.54, 1.807) is 27.7 Å². The van der Waals surface area contributed by atoms with Crippen molar-refractivity contribution in [2.75, 3.05) is 6.54 Å². The highest BCUT2D eigenvalue weighted by atomic mass is 35.5. The number of benzene rings is 3. The standard InChI is InChI=1S/C29H29ClN4O4/c1-4-6-17-32(28(35)22-16-15-21(34(37)38)18-24(22)30)26(5-2)27-31-25-10-8-7-9-23(25)29(36)33(27)20-13-11-19(3)12-14-20/h7-16,18,26H,4-6,17H2,1-3H3. The molecule has 4 aromatic rings.